The first kappa shape index (κ1) is 14.9. The molecule has 0 radical (unpaired) electrons. The van der Waals surface area contributed by atoms with Crippen LogP contribution in [0.1, 0.15) is 48.0 Å². The van der Waals surface area contributed by atoms with Gasteiger partial charge in [-0.25, -0.2) is 0 Å². The molecule has 2 heteroatoms. The minimum atomic E-state index is 0.820. The Bertz CT molecular complexity index is 189. The summed E-state index contributed by atoms with van der Waals surface area (Å²) in [5, 5.41) is 0. The van der Waals surface area contributed by atoms with Crippen molar-refractivity contribution < 1.29 is 0 Å². The van der Waals surface area contributed by atoms with E-state index >= 15 is 0 Å². The van der Waals surface area contributed by atoms with Crippen molar-refractivity contribution in [3.05, 3.63) is 10.9 Å². The highest BCUT2D eigenvalue weighted by molar-refractivity contribution is 6.73. The zero-order valence-corrected chi connectivity index (χ0v) is 11.7. The Labute approximate surface area is 98.1 Å². The van der Waals surface area contributed by atoms with Gasteiger partial charge in [0.1, 0.15) is 0 Å². The van der Waals surface area contributed by atoms with Gasteiger partial charge in [0.15, 0.2) is 13.4 Å². The molecule has 0 nitrogen and oxygen atoms in total. The van der Waals surface area contributed by atoms with Crippen molar-refractivity contribution in [3.63, 3.8) is 0 Å². The molecule has 0 saturated carbocycles. The fraction of sp³-hybridized carbons (Fsp3) is 0.846. The lowest BCUT2D eigenvalue weighted by molar-refractivity contribution is 1.13. The predicted octanol–water partition coefficient (Wildman–Crippen LogP) is 4.86. The Morgan fingerprint density at radius 3 is 1.40 bits per heavy atom. The molecule has 86 valence electrons. The maximum absolute atomic E-state index is 2.37. The molecule has 0 unspecified atom stereocenters. The summed E-state index contributed by atoms with van der Waals surface area (Å²) in [6.45, 7) is 15.6. The Balaban J connectivity index is 4.92. The monoisotopic (exact) mass is 206 g/mol. The summed E-state index contributed by atoms with van der Waals surface area (Å²) >= 11 is 0. The second-order valence-electron chi connectivity index (χ2n) is 4.59. The normalized spacial score (nSPS) is 12.4. The molecular weight excluding hydrogens is 178 g/mol. The maximum Gasteiger partial charge on any atom is 0.168 e. The van der Waals surface area contributed by atoms with Crippen LogP contribution in [0.2, 0.25) is 25.3 Å². The summed E-state index contributed by atoms with van der Waals surface area (Å²) < 4.78 is 0. The van der Waals surface area contributed by atoms with E-state index in [1.54, 1.807) is 10.9 Å². The van der Waals surface area contributed by atoms with Gasteiger partial charge in [0.2, 0.25) is 0 Å². The minimum absolute atomic E-state index is 0.820. The van der Waals surface area contributed by atoms with Gasteiger partial charge in [-0.3, -0.25) is 0 Å². The van der Waals surface area contributed by atoms with E-state index in [1.807, 2.05) is 0 Å². The molecule has 0 fully saturated rings. The molecular formula is C13H28B2. The minimum Gasteiger partial charge on any atom is -0.113 e. The summed E-state index contributed by atoms with van der Waals surface area (Å²) in [4.78, 5) is 0. The number of allylic oxidation sites excluding steroid dienone is 2. The average molecular weight is 206 g/mol. The van der Waals surface area contributed by atoms with Crippen molar-refractivity contribution in [2.24, 2.45) is 0 Å². The predicted molar refractivity (Wildman–Crippen MR) is 76.4 cm³/mol. The largest absolute Gasteiger partial charge is 0.168 e. The van der Waals surface area contributed by atoms with Gasteiger partial charge < -0.3 is 0 Å². The third-order valence-electron chi connectivity index (χ3n) is 3.96. The van der Waals surface area contributed by atoms with Gasteiger partial charge in [0.25, 0.3) is 0 Å². The Kier molecular flexibility index (Phi) is 8.00. The van der Waals surface area contributed by atoms with Crippen molar-refractivity contribution >= 4 is 13.4 Å². The average Bonchev–Trinajstić information content (AvgIpc) is 2.27. The van der Waals surface area contributed by atoms with Crippen LogP contribution in [0.25, 0.3) is 0 Å². The van der Waals surface area contributed by atoms with E-state index in [-0.39, 0.29) is 0 Å². The molecule has 0 heterocycles. The first-order chi connectivity index (χ1) is 7.15. The van der Waals surface area contributed by atoms with Gasteiger partial charge in [-0.2, -0.15) is 0 Å². The van der Waals surface area contributed by atoms with Crippen molar-refractivity contribution in [1.82, 2.24) is 0 Å². The van der Waals surface area contributed by atoms with E-state index in [4.69, 9.17) is 0 Å². The van der Waals surface area contributed by atoms with E-state index < -0.39 is 0 Å². The topological polar surface area (TPSA) is 0 Å². The Morgan fingerprint density at radius 2 is 1.13 bits per heavy atom. The van der Waals surface area contributed by atoms with Crippen LogP contribution in [-0.2, 0) is 0 Å². The van der Waals surface area contributed by atoms with Crippen molar-refractivity contribution in [3.8, 4) is 0 Å². The van der Waals surface area contributed by atoms with Crippen LogP contribution >= 0.6 is 0 Å². The van der Waals surface area contributed by atoms with Crippen LogP contribution in [0.4, 0.5) is 0 Å². The third kappa shape index (κ3) is 4.09. The summed E-state index contributed by atoms with van der Waals surface area (Å²) in [6.07, 6.45) is 6.45. The van der Waals surface area contributed by atoms with Crippen molar-refractivity contribution in [2.45, 2.75) is 73.2 Å². The quantitative estimate of drug-likeness (QED) is 0.521. The second kappa shape index (κ2) is 8.07. The molecule has 15 heavy (non-hydrogen) atoms. The Hall–Kier alpha value is -0.130. The molecule has 0 aliphatic carbocycles. The van der Waals surface area contributed by atoms with Gasteiger partial charge in [-0.15, -0.1) is 10.9 Å². The lowest BCUT2D eigenvalue weighted by Gasteiger charge is -2.20. The molecule has 0 aromatic heterocycles. The van der Waals surface area contributed by atoms with Gasteiger partial charge in [-0.1, -0.05) is 66.8 Å². The smallest absolute Gasteiger partial charge is 0.113 e. The maximum atomic E-state index is 2.37. The summed E-state index contributed by atoms with van der Waals surface area (Å²) in [7, 11) is 0. The molecule has 0 aliphatic heterocycles. The summed E-state index contributed by atoms with van der Waals surface area (Å²) in [6, 6.07) is 0. The highest BCUT2D eigenvalue weighted by Gasteiger charge is 2.20. The zero-order chi connectivity index (χ0) is 11.8. The van der Waals surface area contributed by atoms with Gasteiger partial charge in [-0.05, 0) is 6.42 Å². The zero-order valence-electron chi connectivity index (χ0n) is 11.7. The van der Waals surface area contributed by atoms with Crippen LogP contribution in [0.3, 0.4) is 0 Å². The summed E-state index contributed by atoms with van der Waals surface area (Å²) in [5.41, 5.74) is 3.44. The Morgan fingerprint density at radius 1 is 0.733 bits per heavy atom. The fourth-order valence-corrected chi connectivity index (χ4v) is 2.83. The molecule has 0 amide bonds. The second-order valence-corrected chi connectivity index (χ2v) is 4.59. The standard InChI is InChI=1S/C13H28B2/c1-7-13(15(10-4)11-5)12(6)14(8-2)9-3/h7-11H2,1-6H3/b13-12-. The highest BCUT2D eigenvalue weighted by atomic mass is 13.9. The van der Waals surface area contributed by atoms with E-state index in [9.17, 15) is 0 Å². The first-order valence-corrected chi connectivity index (χ1v) is 6.85. The molecule has 0 spiro atoms. The molecule has 0 aliphatic rings. The van der Waals surface area contributed by atoms with E-state index in [0.717, 1.165) is 13.4 Å². The molecule has 0 saturated heterocycles. The van der Waals surface area contributed by atoms with Gasteiger partial charge >= 0.3 is 0 Å². The van der Waals surface area contributed by atoms with Crippen LogP contribution in [-0.4, -0.2) is 13.4 Å². The summed E-state index contributed by atoms with van der Waals surface area (Å²) in [5.74, 6) is 0. The molecule has 0 aromatic rings. The van der Waals surface area contributed by atoms with E-state index in [2.05, 4.69) is 41.5 Å². The molecule has 0 bridgehead atoms. The lowest BCUT2D eigenvalue weighted by atomic mass is 9.32. The van der Waals surface area contributed by atoms with Crippen LogP contribution in [0.15, 0.2) is 10.9 Å². The van der Waals surface area contributed by atoms with Crippen LogP contribution < -0.4 is 0 Å². The fourth-order valence-electron chi connectivity index (χ4n) is 2.83. The first-order valence-electron chi connectivity index (χ1n) is 6.85. The van der Waals surface area contributed by atoms with Crippen molar-refractivity contribution in [2.75, 3.05) is 0 Å². The van der Waals surface area contributed by atoms with Gasteiger partial charge in [0, 0.05) is 0 Å². The number of rotatable bonds is 7. The number of hydrogen-bond donors (Lipinski definition) is 0. The lowest BCUT2D eigenvalue weighted by Crippen LogP contribution is -2.21. The molecule has 0 atom stereocenters. The SMILES string of the molecule is CCB(CC)/C(C)=C(/CC)B(CC)CC. The third-order valence-corrected chi connectivity index (χ3v) is 3.96. The van der Waals surface area contributed by atoms with E-state index in [0.29, 0.717) is 0 Å². The molecule has 0 aromatic carbocycles. The highest BCUT2D eigenvalue weighted by Crippen LogP contribution is 2.22. The van der Waals surface area contributed by atoms with Crippen molar-refractivity contribution in [1.29, 1.82) is 0 Å². The van der Waals surface area contributed by atoms with Gasteiger partial charge in [0.05, 0.1) is 0 Å². The molecule has 0 rings (SSSR count). The van der Waals surface area contributed by atoms with Crippen LogP contribution in [0.5, 0.6) is 0 Å². The van der Waals surface area contributed by atoms with E-state index in [1.165, 1.54) is 31.7 Å². The number of hydrogen-bond acceptors (Lipinski definition) is 0. The van der Waals surface area contributed by atoms with Crippen LogP contribution in [0, 0.1) is 0 Å². The molecule has 0 N–H and O–H groups in total.